The zero-order chi connectivity index (χ0) is 18.2. The Morgan fingerprint density at radius 2 is 1.84 bits per heavy atom. The van der Waals surface area contributed by atoms with E-state index in [9.17, 15) is 18.3 Å². The highest BCUT2D eigenvalue weighted by molar-refractivity contribution is 7.89. The number of halogens is 2. The molecule has 0 saturated heterocycles. The van der Waals surface area contributed by atoms with Gasteiger partial charge in [0.25, 0.3) is 0 Å². The summed E-state index contributed by atoms with van der Waals surface area (Å²) in [5.74, 6) is -1.23. The predicted octanol–water partition coefficient (Wildman–Crippen LogP) is 3.41. The van der Waals surface area contributed by atoms with E-state index in [1.807, 2.05) is 0 Å². The molecule has 9 heteroatoms. The summed E-state index contributed by atoms with van der Waals surface area (Å²) in [7, 11) is -3.89. The molecule has 3 N–H and O–H groups in total. The van der Waals surface area contributed by atoms with Crippen LogP contribution in [0.5, 0.6) is 0 Å². The fraction of sp³-hybridized carbons (Fsp3) is 0.0625. The molecule has 1 atom stereocenters. The van der Waals surface area contributed by atoms with E-state index in [0.29, 0.717) is 16.3 Å². The van der Waals surface area contributed by atoms with Crippen molar-refractivity contribution in [1.29, 1.82) is 0 Å². The number of sulfonamides is 1. The fourth-order valence-electron chi connectivity index (χ4n) is 2.49. The van der Waals surface area contributed by atoms with Crippen LogP contribution in [0.3, 0.4) is 0 Å². The molecule has 25 heavy (non-hydrogen) atoms. The van der Waals surface area contributed by atoms with Gasteiger partial charge in [-0.1, -0.05) is 41.4 Å². The molecular formula is C16H12Cl2N2O4S. The molecule has 6 nitrogen and oxygen atoms in total. The van der Waals surface area contributed by atoms with Crippen LogP contribution in [-0.2, 0) is 14.8 Å². The van der Waals surface area contributed by atoms with Crippen molar-refractivity contribution in [2.24, 2.45) is 0 Å². The van der Waals surface area contributed by atoms with Gasteiger partial charge in [0.2, 0.25) is 10.0 Å². The topological polar surface area (TPSA) is 95.5 Å². The van der Waals surface area contributed by atoms with Crippen molar-refractivity contribution in [3.05, 3.63) is 69.8 Å². The van der Waals surface area contributed by atoms with Crippen LogP contribution in [0.25, 0.3) is 0 Å². The molecule has 2 aromatic carbocycles. The van der Waals surface area contributed by atoms with E-state index in [1.54, 1.807) is 18.2 Å². The Hall–Kier alpha value is -2.06. The van der Waals surface area contributed by atoms with Gasteiger partial charge >= 0.3 is 5.97 Å². The first-order valence-electron chi connectivity index (χ1n) is 7.06. The van der Waals surface area contributed by atoms with Crippen molar-refractivity contribution >= 4 is 44.9 Å². The van der Waals surface area contributed by atoms with E-state index in [-0.39, 0.29) is 15.6 Å². The van der Waals surface area contributed by atoms with Crippen molar-refractivity contribution < 1.29 is 18.3 Å². The Balaban J connectivity index is 2.07. The number of fused-ring (bicyclic) bond motifs is 1. The van der Waals surface area contributed by atoms with Gasteiger partial charge in [-0.2, -0.15) is 4.72 Å². The third-order valence-electron chi connectivity index (χ3n) is 3.57. The number of carboxylic acid groups (broad SMARTS) is 1. The summed E-state index contributed by atoms with van der Waals surface area (Å²) in [6.07, 6.45) is 1.25. The molecule has 1 aliphatic heterocycles. The van der Waals surface area contributed by atoms with E-state index < -0.39 is 22.0 Å². The van der Waals surface area contributed by atoms with Gasteiger partial charge in [0.15, 0.2) is 0 Å². The summed E-state index contributed by atoms with van der Waals surface area (Å²) in [5.41, 5.74) is 0.556. The maximum atomic E-state index is 12.6. The number of benzene rings is 2. The number of hydrogen-bond acceptors (Lipinski definition) is 4. The average Bonchev–Trinajstić information content (AvgIpc) is 2.54. The maximum absolute atomic E-state index is 12.6. The summed E-state index contributed by atoms with van der Waals surface area (Å²) >= 11 is 12.2. The number of carboxylic acids is 1. The van der Waals surface area contributed by atoms with Crippen LogP contribution in [0.15, 0.2) is 59.1 Å². The number of aliphatic carboxylic acids is 1. The third-order valence-corrected chi connectivity index (χ3v) is 5.56. The van der Waals surface area contributed by atoms with Gasteiger partial charge in [0, 0.05) is 21.3 Å². The molecule has 1 unspecified atom stereocenters. The van der Waals surface area contributed by atoms with Crippen LogP contribution in [0.4, 0.5) is 5.69 Å². The summed E-state index contributed by atoms with van der Waals surface area (Å²) in [6, 6.07) is 9.75. The molecule has 0 radical (unpaired) electrons. The third kappa shape index (κ3) is 3.64. The number of nitrogens with one attached hydrogen (secondary N) is 2. The van der Waals surface area contributed by atoms with Gasteiger partial charge in [0.05, 0.1) is 10.9 Å². The normalized spacial score (nSPS) is 16.6. The Kier molecular flexibility index (Phi) is 4.75. The first-order chi connectivity index (χ1) is 11.8. The van der Waals surface area contributed by atoms with Gasteiger partial charge < -0.3 is 10.4 Å². The van der Waals surface area contributed by atoms with Crippen LogP contribution in [0, 0.1) is 0 Å². The molecule has 2 aromatic rings. The largest absolute Gasteiger partial charge is 0.477 e. The highest BCUT2D eigenvalue weighted by Crippen LogP contribution is 2.39. The lowest BCUT2D eigenvalue weighted by Crippen LogP contribution is -2.31. The molecule has 0 amide bonds. The lowest BCUT2D eigenvalue weighted by molar-refractivity contribution is -0.132. The minimum absolute atomic E-state index is 0.0606. The predicted molar refractivity (Wildman–Crippen MR) is 95.3 cm³/mol. The average molecular weight is 399 g/mol. The molecule has 3 rings (SSSR count). The number of carbonyl (C=O) groups is 1. The molecule has 1 heterocycles. The fourth-order valence-corrected chi connectivity index (χ4v) is 4.28. The van der Waals surface area contributed by atoms with Crippen LogP contribution >= 0.6 is 23.2 Å². The van der Waals surface area contributed by atoms with Crippen LogP contribution in [0.2, 0.25) is 10.0 Å². The molecule has 130 valence electrons. The molecule has 0 spiro atoms. The van der Waals surface area contributed by atoms with E-state index >= 15 is 0 Å². The minimum Gasteiger partial charge on any atom is -0.477 e. The summed E-state index contributed by atoms with van der Waals surface area (Å²) < 4.78 is 27.7. The Labute approximate surface area is 154 Å². The number of hydrogen-bond donors (Lipinski definition) is 3. The number of rotatable bonds is 4. The van der Waals surface area contributed by atoms with Gasteiger partial charge in [0.1, 0.15) is 5.70 Å². The van der Waals surface area contributed by atoms with Crippen LogP contribution in [0.1, 0.15) is 11.6 Å². The van der Waals surface area contributed by atoms with Crippen molar-refractivity contribution in [3.8, 4) is 0 Å². The van der Waals surface area contributed by atoms with Crippen molar-refractivity contribution in [3.63, 3.8) is 0 Å². The summed E-state index contributed by atoms with van der Waals surface area (Å²) in [4.78, 5) is 11.4. The monoisotopic (exact) mass is 398 g/mol. The van der Waals surface area contributed by atoms with Crippen LogP contribution < -0.4 is 10.0 Å². The molecule has 0 saturated carbocycles. The maximum Gasteiger partial charge on any atom is 0.352 e. The van der Waals surface area contributed by atoms with Crippen molar-refractivity contribution in [1.82, 2.24) is 4.72 Å². The zero-order valence-corrected chi connectivity index (χ0v) is 14.9. The van der Waals surface area contributed by atoms with Crippen molar-refractivity contribution in [2.75, 3.05) is 5.32 Å². The molecule has 0 bridgehead atoms. The standard InChI is InChI=1S/C16H12Cl2N2O4S/c17-9-6-11(18)15-12(7-9)19-14(16(21)22)8-13(15)20-25(23,24)10-4-2-1-3-5-10/h1-8,13,19-20H,(H,21,22). The lowest BCUT2D eigenvalue weighted by atomic mass is 10.0. The molecule has 1 aliphatic rings. The second-order valence-electron chi connectivity index (χ2n) is 5.27. The minimum atomic E-state index is -3.89. The van der Waals surface area contributed by atoms with E-state index in [4.69, 9.17) is 23.2 Å². The SMILES string of the molecule is O=C(O)C1=CC(NS(=O)(=O)c2ccccc2)c2c(Cl)cc(Cl)cc2N1. The van der Waals surface area contributed by atoms with Crippen molar-refractivity contribution in [2.45, 2.75) is 10.9 Å². The molecule has 0 fully saturated rings. The van der Waals surface area contributed by atoms with Gasteiger partial charge in [-0.25, -0.2) is 13.2 Å². The number of anilines is 1. The summed E-state index contributed by atoms with van der Waals surface area (Å²) in [6.45, 7) is 0. The van der Waals surface area contributed by atoms with Gasteiger partial charge in [-0.3, -0.25) is 0 Å². The first kappa shape index (κ1) is 17.8. The second kappa shape index (κ2) is 6.68. The first-order valence-corrected chi connectivity index (χ1v) is 9.30. The van der Waals surface area contributed by atoms with Gasteiger partial charge in [-0.15, -0.1) is 0 Å². The lowest BCUT2D eigenvalue weighted by Gasteiger charge is -2.26. The quantitative estimate of drug-likeness (QED) is 0.733. The summed E-state index contributed by atoms with van der Waals surface area (Å²) in [5, 5.41) is 12.5. The highest BCUT2D eigenvalue weighted by atomic mass is 35.5. The van der Waals surface area contributed by atoms with Gasteiger partial charge in [-0.05, 0) is 30.3 Å². The Morgan fingerprint density at radius 3 is 2.48 bits per heavy atom. The van der Waals surface area contributed by atoms with E-state index in [0.717, 1.165) is 0 Å². The second-order valence-corrected chi connectivity index (χ2v) is 7.83. The Morgan fingerprint density at radius 1 is 1.16 bits per heavy atom. The highest BCUT2D eigenvalue weighted by Gasteiger charge is 2.29. The van der Waals surface area contributed by atoms with E-state index in [2.05, 4.69) is 10.0 Å². The van der Waals surface area contributed by atoms with E-state index in [1.165, 1.54) is 30.3 Å². The zero-order valence-electron chi connectivity index (χ0n) is 12.5. The molecular weight excluding hydrogens is 387 g/mol. The molecule has 0 aromatic heterocycles. The smallest absolute Gasteiger partial charge is 0.352 e. The van der Waals surface area contributed by atoms with Crippen LogP contribution in [-0.4, -0.2) is 19.5 Å². The Bertz CT molecular complexity index is 975. The molecule has 0 aliphatic carbocycles.